The molecule has 1 aliphatic heterocycles. The summed E-state index contributed by atoms with van der Waals surface area (Å²) in [5.41, 5.74) is 5.59. The molecule has 126 valence electrons. The number of rotatable bonds is 4. The van der Waals surface area contributed by atoms with Crippen LogP contribution in [-0.2, 0) is 11.2 Å². The van der Waals surface area contributed by atoms with Crippen molar-refractivity contribution in [3.8, 4) is 11.3 Å². The van der Waals surface area contributed by atoms with E-state index >= 15 is 0 Å². The lowest BCUT2D eigenvalue weighted by atomic mass is 10.0. The number of nitrogens with zero attached hydrogens (tertiary/aromatic N) is 3. The Bertz CT molecular complexity index is 724. The standard InChI is InChI=1S/C20H25N3O/c1-14-6-4-8-19(15(14)2)20-12-10-17(21-22-20)9-11-18-7-5-13-23(18)16(3)24/h4,6,8,10,12,18H,5,7,9,11,13H2,1-3H3/t18-/m0/s1. The van der Waals surface area contributed by atoms with Crippen LogP contribution in [0.4, 0.5) is 0 Å². The Balaban J connectivity index is 1.67. The lowest BCUT2D eigenvalue weighted by molar-refractivity contribution is -0.129. The first-order valence-corrected chi connectivity index (χ1v) is 8.72. The summed E-state index contributed by atoms with van der Waals surface area (Å²) < 4.78 is 0. The van der Waals surface area contributed by atoms with Crippen molar-refractivity contribution in [3.05, 3.63) is 47.2 Å². The van der Waals surface area contributed by atoms with Crippen molar-refractivity contribution < 1.29 is 4.79 Å². The van der Waals surface area contributed by atoms with Crippen LogP contribution in [0.1, 0.15) is 43.0 Å². The molecule has 1 saturated heterocycles. The summed E-state index contributed by atoms with van der Waals surface area (Å²) >= 11 is 0. The molecule has 0 aliphatic carbocycles. The molecule has 0 radical (unpaired) electrons. The monoisotopic (exact) mass is 323 g/mol. The lowest BCUT2D eigenvalue weighted by Gasteiger charge is -2.22. The van der Waals surface area contributed by atoms with E-state index in [1.54, 1.807) is 6.92 Å². The van der Waals surface area contributed by atoms with Crippen LogP contribution in [0.5, 0.6) is 0 Å². The Morgan fingerprint density at radius 1 is 1.21 bits per heavy atom. The third-order valence-corrected chi connectivity index (χ3v) is 5.12. The first-order chi connectivity index (χ1) is 11.6. The summed E-state index contributed by atoms with van der Waals surface area (Å²) in [6, 6.07) is 10.8. The molecule has 1 fully saturated rings. The van der Waals surface area contributed by atoms with Crippen molar-refractivity contribution in [1.82, 2.24) is 15.1 Å². The van der Waals surface area contributed by atoms with Crippen LogP contribution in [0.3, 0.4) is 0 Å². The Morgan fingerprint density at radius 2 is 2.04 bits per heavy atom. The molecule has 1 amide bonds. The minimum Gasteiger partial charge on any atom is -0.340 e. The molecule has 1 aromatic heterocycles. The van der Waals surface area contributed by atoms with E-state index in [-0.39, 0.29) is 5.91 Å². The molecule has 3 rings (SSSR count). The Morgan fingerprint density at radius 3 is 2.75 bits per heavy atom. The number of carbonyl (C=O) groups excluding carboxylic acids is 1. The SMILES string of the molecule is CC(=O)N1CCC[C@H]1CCc1ccc(-c2cccc(C)c2C)nn1. The van der Waals surface area contributed by atoms with E-state index in [4.69, 9.17) is 0 Å². The summed E-state index contributed by atoms with van der Waals surface area (Å²) in [5.74, 6) is 0.189. The fourth-order valence-electron chi connectivity index (χ4n) is 3.53. The van der Waals surface area contributed by atoms with Gasteiger partial charge in [0, 0.05) is 25.1 Å². The minimum absolute atomic E-state index is 0.189. The van der Waals surface area contributed by atoms with Crippen LogP contribution >= 0.6 is 0 Å². The maximum Gasteiger partial charge on any atom is 0.219 e. The summed E-state index contributed by atoms with van der Waals surface area (Å²) in [7, 11) is 0. The van der Waals surface area contributed by atoms with E-state index in [1.165, 1.54) is 11.1 Å². The van der Waals surface area contributed by atoms with Gasteiger partial charge in [0.05, 0.1) is 11.4 Å². The van der Waals surface area contributed by atoms with Gasteiger partial charge < -0.3 is 4.90 Å². The van der Waals surface area contributed by atoms with Crippen LogP contribution < -0.4 is 0 Å². The van der Waals surface area contributed by atoms with E-state index in [9.17, 15) is 4.79 Å². The van der Waals surface area contributed by atoms with E-state index in [0.29, 0.717) is 6.04 Å². The first-order valence-electron chi connectivity index (χ1n) is 8.72. The molecule has 0 spiro atoms. The molecule has 1 aromatic carbocycles. The van der Waals surface area contributed by atoms with Gasteiger partial charge in [0.1, 0.15) is 0 Å². The number of hydrogen-bond acceptors (Lipinski definition) is 3. The highest BCUT2D eigenvalue weighted by atomic mass is 16.2. The maximum atomic E-state index is 11.6. The number of aromatic nitrogens is 2. The molecule has 0 N–H and O–H groups in total. The zero-order valence-electron chi connectivity index (χ0n) is 14.7. The predicted molar refractivity (Wildman–Crippen MR) is 95.7 cm³/mol. The number of likely N-dealkylation sites (tertiary alicyclic amines) is 1. The van der Waals surface area contributed by atoms with Crippen LogP contribution in [0.2, 0.25) is 0 Å². The second kappa shape index (κ2) is 7.12. The van der Waals surface area contributed by atoms with E-state index in [1.807, 2.05) is 4.90 Å². The summed E-state index contributed by atoms with van der Waals surface area (Å²) in [5, 5.41) is 8.82. The summed E-state index contributed by atoms with van der Waals surface area (Å²) in [6.07, 6.45) is 4.06. The van der Waals surface area contributed by atoms with Crippen molar-refractivity contribution in [2.45, 2.75) is 52.5 Å². The number of amides is 1. The van der Waals surface area contributed by atoms with E-state index in [0.717, 1.165) is 49.2 Å². The van der Waals surface area contributed by atoms with Crippen LogP contribution in [0, 0.1) is 13.8 Å². The maximum absolute atomic E-state index is 11.6. The Labute approximate surface area is 143 Å². The van der Waals surface area contributed by atoms with Crippen LogP contribution in [0.25, 0.3) is 11.3 Å². The normalized spacial score (nSPS) is 17.3. The molecule has 0 saturated carbocycles. The third kappa shape index (κ3) is 3.48. The summed E-state index contributed by atoms with van der Waals surface area (Å²) in [6.45, 7) is 6.80. The highest BCUT2D eigenvalue weighted by molar-refractivity contribution is 5.73. The van der Waals surface area contributed by atoms with Crippen molar-refractivity contribution in [2.24, 2.45) is 0 Å². The van der Waals surface area contributed by atoms with E-state index in [2.05, 4.69) is 54.4 Å². The van der Waals surface area contributed by atoms with Gasteiger partial charge >= 0.3 is 0 Å². The average molecular weight is 323 g/mol. The van der Waals surface area contributed by atoms with Gasteiger partial charge in [-0.2, -0.15) is 10.2 Å². The zero-order valence-corrected chi connectivity index (χ0v) is 14.7. The number of carbonyl (C=O) groups is 1. The lowest BCUT2D eigenvalue weighted by Crippen LogP contribution is -2.33. The molecule has 0 bridgehead atoms. The van der Waals surface area contributed by atoms with Crippen LogP contribution in [0.15, 0.2) is 30.3 Å². The Kier molecular flexibility index (Phi) is 4.93. The number of hydrogen-bond donors (Lipinski definition) is 0. The largest absolute Gasteiger partial charge is 0.340 e. The first kappa shape index (κ1) is 16.6. The number of benzene rings is 1. The summed E-state index contributed by atoms with van der Waals surface area (Å²) in [4.78, 5) is 13.6. The molecular formula is C20H25N3O. The van der Waals surface area contributed by atoms with Crippen LogP contribution in [-0.4, -0.2) is 33.6 Å². The van der Waals surface area contributed by atoms with Crippen molar-refractivity contribution >= 4 is 5.91 Å². The topological polar surface area (TPSA) is 46.1 Å². The molecular weight excluding hydrogens is 298 g/mol. The molecule has 24 heavy (non-hydrogen) atoms. The Hall–Kier alpha value is -2.23. The van der Waals surface area contributed by atoms with Gasteiger partial charge in [-0.25, -0.2) is 0 Å². The third-order valence-electron chi connectivity index (χ3n) is 5.12. The van der Waals surface area contributed by atoms with Gasteiger partial charge in [-0.3, -0.25) is 4.79 Å². The van der Waals surface area contributed by atoms with Gasteiger partial charge in [-0.05, 0) is 62.8 Å². The fraction of sp³-hybridized carbons (Fsp3) is 0.450. The predicted octanol–water partition coefficient (Wildman–Crippen LogP) is 3.70. The van der Waals surface area contributed by atoms with Gasteiger partial charge in [0.15, 0.2) is 0 Å². The second-order valence-electron chi connectivity index (χ2n) is 6.70. The van der Waals surface area contributed by atoms with Crippen molar-refractivity contribution in [1.29, 1.82) is 0 Å². The molecule has 1 atom stereocenters. The smallest absolute Gasteiger partial charge is 0.219 e. The van der Waals surface area contributed by atoms with Crippen molar-refractivity contribution in [2.75, 3.05) is 6.54 Å². The second-order valence-corrected chi connectivity index (χ2v) is 6.70. The average Bonchev–Trinajstić information content (AvgIpc) is 3.05. The number of aryl methyl sites for hydroxylation is 2. The van der Waals surface area contributed by atoms with Gasteiger partial charge in [-0.15, -0.1) is 0 Å². The molecule has 2 heterocycles. The fourth-order valence-corrected chi connectivity index (χ4v) is 3.53. The highest BCUT2D eigenvalue weighted by Crippen LogP contribution is 2.24. The molecule has 4 heteroatoms. The highest BCUT2D eigenvalue weighted by Gasteiger charge is 2.26. The van der Waals surface area contributed by atoms with Crippen molar-refractivity contribution in [3.63, 3.8) is 0 Å². The molecule has 1 aliphatic rings. The minimum atomic E-state index is 0.189. The molecule has 0 unspecified atom stereocenters. The van der Waals surface area contributed by atoms with E-state index < -0.39 is 0 Å². The van der Waals surface area contributed by atoms with Gasteiger partial charge in [0.25, 0.3) is 0 Å². The molecule has 4 nitrogen and oxygen atoms in total. The molecule has 2 aromatic rings. The quantitative estimate of drug-likeness (QED) is 0.862. The zero-order chi connectivity index (χ0) is 17.1. The van der Waals surface area contributed by atoms with Gasteiger partial charge in [-0.1, -0.05) is 18.2 Å². The van der Waals surface area contributed by atoms with Gasteiger partial charge in [0.2, 0.25) is 5.91 Å².